The maximum Gasteiger partial charge on any atom is 0.391 e. The number of halogens is 3. The second-order valence-corrected chi connectivity index (χ2v) is 5.98. The summed E-state index contributed by atoms with van der Waals surface area (Å²) in [4.78, 5) is 8.32. The molecule has 2 aromatic heterocycles. The van der Waals surface area contributed by atoms with E-state index >= 15 is 0 Å². The molecule has 2 aromatic rings. The lowest BCUT2D eigenvalue weighted by Crippen LogP contribution is -2.34. The largest absolute Gasteiger partial charge is 0.391 e. The molecule has 0 aliphatic heterocycles. The highest BCUT2D eigenvalue weighted by molar-refractivity contribution is 5.86. The number of fused-ring (bicyclic) bond motifs is 1. The number of alkyl halides is 3. The molecule has 2 heterocycles. The molecule has 0 saturated heterocycles. The molecule has 1 N–H and O–H groups in total. The molecule has 0 bridgehead atoms. The molecular formula is C15H17F3N6. The van der Waals surface area contributed by atoms with Gasteiger partial charge in [0.05, 0.1) is 36.5 Å². The topological polar surface area (TPSA) is 79.4 Å². The van der Waals surface area contributed by atoms with Crippen molar-refractivity contribution in [2.75, 3.05) is 5.32 Å². The van der Waals surface area contributed by atoms with Crippen LogP contribution in [0.2, 0.25) is 0 Å². The quantitative estimate of drug-likeness (QED) is 0.925. The average Bonchev–Trinajstić information content (AvgIpc) is 2.97. The van der Waals surface area contributed by atoms with Crippen LogP contribution in [0.15, 0.2) is 12.5 Å². The Balaban J connectivity index is 1.78. The van der Waals surface area contributed by atoms with Gasteiger partial charge in [-0.25, -0.2) is 14.6 Å². The van der Waals surface area contributed by atoms with Crippen molar-refractivity contribution >= 4 is 16.9 Å². The van der Waals surface area contributed by atoms with Gasteiger partial charge >= 0.3 is 6.18 Å². The minimum Gasteiger partial charge on any atom is -0.367 e. The van der Waals surface area contributed by atoms with Crippen molar-refractivity contribution < 1.29 is 13.2 Å². The van der Waals surface area contributed by atoms with Crippen molar-refractivity contribution in [3.63, 3.8) is 0 Å². The molecule has 0 unspecified atom stereocenters. The Kier molecular flexibility index (Phi) is 4.55. The SMILES string of the molecule is N#CCCn1ncc2c(N[C@@H]3CCC[C@@H](C(F)(F)F)C3)ncnc21. The summed E-state index contributed by atoms with van der Waals surface area (Å²) in [6.45, 7) is 0.413. The van der Waals surface area contributed by atoms with Crippen LogP contribution >= 0.6 is 0 Å². The van der Waals surface area contributed by atoms with E-state index in [2.05, 4.69) is 20.4 Å². The zero-order valence-electron chi connectivity index (χ0n) is 12.9. The number of aryl methyl sites for hydroxylation is 1. The van der Waals surface area contributed by atoms with E-state index in [1.807, 2.05) is 6.07 Å². The van der Waals surface area contributed by atoms with Gasteiger partial charge in [0.15, 0.2) is 5.65 Å². The summed E-state index contributed by atoms with van der Waals surface area (Å²) < 4.78 is 40.4. The van der Waals surface area contributed by atoms with Crippen molar-refractivity contribution in [2.45, 2.75) is 50.9 Å². The predicted molar refractivity (Wildman–Crippen MR) is 81.0 cm³/mol. The molecule has 3 rings (SSSR count). The van der Waals surface area contributed by atoms with Crippen molar-refractivity contribution in [1.82, 2.24) is 19.7 Å². The third-order valence-electron chi connectivity index (χ3n) is 4.35. The number of nitriles is 1. The van der Waals surface area contributed by atoms with Gasteiger partial charge < -0.3 is 5.32 Å². The van der Waals surface area contributed by atoms with Gasteiger partial charge in [-0.15, -0.1) is 0 Å². The summed E-state index contributed by atoms with van der Waals surface area (Å²) in [5.74, 6) is -0.768. The van der Waals surface area contributed by atoms with E-state index in [1.165, 1.54) is 6.33 Å². The molecular weight excluding hydrogens is 321 g/mol. The third kappa shape index (κ3) is 3.42. The first-order chi connectivity index (χ1) is 11.5. The Bertz CT molecular complexity index is 748. The molecule has 24 heavy (non-hydrogen) atoms. The van der Waals surface area contributed by atoms with Gasteiger partial charge in [-0.05, 0) is 19.3 Å². The maximum atomic E-state index is 12.9. The number of rotatable bonds is 4. The van der Waals surface area contributed by atoms with Crippen LogP contribution in [-0.2, 0) is 6.54 Å². The van der Waals surface area contributed by atoms with E-state index in [9.17, 15) is 13.2 Å². The highest BCUT2D eigenvalue weighted by Crippen LogP contribution is 2.38. The van der Waals surface area contributed by atoms with E-state index in [0.717, 1.165) is 0 Å². The highest BCUT2D eigenvalue weighted by atomic mass is 19.4. The third-order valence-corrected chi connectivity index (χ3v) is 4.35. The first kappa shape index (κ1) is 16.5. The van der Waals surface area contributed by atoms with E-state index in [4.69, 9.17) is 5.26 Å². The molecule has 0 radical (unpaired) electrons. The van der Waals surface area contributed by atoms with Crippen molar-refractivity contribution in [2.24, 2.45) is 5.92 Å². The zero-order chi connectivity index (χ0) is 17.2. The van der Waals surface area contributed by atoms with E-state index in [0.29, 0.717) is 42.7 Å². The van der Waals surface area contributed by atoms with Gasteiger partial charge in [-0.2, -0.15) is 23.5 Å². The highest BCUT2D eigenvalue weighted by Gasteiger charge is 2.42. The van der Waals surface area contributed by atoms with Gasteiger partial charge in [0.1, 0.15) is 12.1 Å². The van der Waals surface area contributed by atoms with Crippen LogP contribution in [0.1, 0.15) is 32.1 Å². The summed E-state index contributed by atoms with van der Waals surface area (Å²) in [5, 5.41) is 16.6. The number of hydrogen-bond donors (Lipinski definition) is 1. The number of nitrogens with one attached hydrogen (secondary N) is 1. The number of hydrogen-bond acceptors (Lipinski definition) is 5. The first-order valence-corrected chi connectivity index (χ1v) is 7.85. The standard InChI is InChI=1S/C15H17F3N6/c16-15(17,18)10-3-1-4-11(7-10)23-13-12-8-22-24(6-2-5-19)14(12)21-9-20-13/h8-11H,1-4,6-7H2,(H,20,21,23)/t10-,11-/m1/s1. The Hall–Kier alpha value is -2.37. The molecule has 1 aliphatic rings. The summed E-state index contributed by atoms with van der Waals surface area (Å²) in [5.41, 5.74) is 0.575. The first-order valence-electron chi connectivity index (χ1n) is 7.85. The van der Waals surface area contributed by atoms with Gasteiger partial charge in [0.2, 0.25) is 0 Å². The van der Waals surface area contributed by atoms with Crippen LogP contribution in [0, 0.1) is 17.2 Å². The Labute approximate surface area is 136 Å². The molecule has 0 aromatic carbocycles. The molecule has 1 saturated carbocycles. The number of nitrogens with zero attached hydrogens (tertiary/aromatic N) is 5. The Morgan fingerprint density at radius 2 is 2.17 bits per heavy atom. The van der Waals surface area contributed by atoms with Crippen LogP contribution in [0.5, 0.6) is 0 Å². The zero-order valence-corrected chi connectivity index (χ0v) is 12.9. The molecule has 9 heteroatoms. The molecule has 2 atom stereocenters. The Morgan fingerprint density at radius 3 is 2.92 bits per heavy atom. The lowest BCUT2D eigenvalue weighted by molar-refractivity contribution is -0.182. The van der Waals surface area contributed by atoms with Crippen LogP contribution in [0.25, 0.3) is 11.0 Å². The van der Waals surface area contributed by atoms with Crippen LogP contribution < -0.4 is 5.32 Å². The van der Waals surface area contributed by atoms with E-state index < -0.39 is 12.1 Å². The minimum atomic E-state index is -4.15. The van der Waals surface area contributed by atoms with Crippen LogP contribution in [0.4, 0.5) is 19.0 Å². The molecule has 1 fully saturated rings. The summed E-state index contributed by atoms with van der Waals surface area (Å²) in [6, 6.07) is 1.77. The summed E-state index contributed by atoms with van der Waals surface area (Å²) in [7, 11) is 0. The number of anilines is 1. The number of aromatic nitrogens is 4. The van der Waals surface area contributed by atoms with E-state index in [-0.39, 0.29) is 18.9 Å². The maximum absolute atomic E-state index is 12.9. The van der Waals surface area contributed by atoms with Gasteiger partial charge in [0, 0.05) is 6.04 Å². The molecule has 1 aliphatic carbocycles. The average molecular weight is 338 g/mol. The van der Waals surface area contributed by atoms with Gasteiger partial charge in [0.25, 0.3) is 0 Å². The monoisotopic (exact) mass is 338 g/mol. The van der Waals surface area contributed by atoms with Crippen molar-refractivity contribution in [3.8, 4) is 6.07 Å². The molecule has 6 nitrogen and oxygen atoms in total. The van der Waals surface area contributed by atoms with Gasteiger partial charge in [-0.3, -0.25) is 0 Å². The van der Waals surface area contributed by atoms with Crippen LogP contribution in [-0.4, -0.2) is 32.0 Å². The molecule has 0 spiro atoms. The van der Waals surface area contributed by atoms with Crippen molar-refractivity contribution in [1.29, 1.82) is 5.26 Å². The normalized spacial score (nSPS) is 21.6. The molecule has 128 valence electrons. The van der Waals surface area contributed by atoms with Crippen LogP contribution in [0.3, 0.4) is 0 Å². The molecule has 0 amide bonds. The lowest BCUT2D eigenvalue weighted by Gasteiger charge is -2.31. The van der Waals surface area contributed by atoms with E-state index in [1.54, 1.807) is 10.9 Å². The predicted octanol–water partition coefficient (Wildman–Crippen LogP) is 3.27. The minimum absolute atomic E-state index is 0.0531. The lowest BCUT2D eigenvalue weighted by atomic mass is 9.85. The summed E-state index contributed by atoms with van der Waals surface area (Å²) >= 11 is 0. The van der Waals surface area contributed by atoms with Crippen molar-refractivity contribution in [3.05, 3.63) is 12.5 Å². The second kappa shape index (κ2) is 6.63. The van der Waals surface area contributed by atoms with Gasteiger partial charge in [-0.1, -0.05) is 6.42 Å². The Morgan fingerprint density at radius 1 is 1.33 bits per heavy atom. The summed E-state index contributed by atoms with van der Waals surface area (Å²) in [6.07, 6.45) is 0.560. The second-order valence-electron chi connectivity index (χ2n) is 5.98. The smallest absolute Gasteiger partial charge is 0.367 e. The fraction of sp³-hybridized carbons (Fsp3) is 0.600. The fourth-order valence-corrected chi connectivity index (χ4v) is 3.14. The fourth-order valence-electron chi connectivity index (χ4n) is 3.14.